The Morgan fingerprint density at radius 2 is 1.92 bits per heavy atom. The first kappa shape index (κ1) is 26.4. The minimum absolute atomic E-state index is 0.0553. The molecule has 2 N–H and O–H groups in total. The highest BCUT2D eigenvalue weighted by Gasteiger charge is 2.19. The predicted molar refractivity (Wildman–Crippen MR) is 158 cm³/mol. The van der Waals surface area contributed by atoms with E-state index in [1.54, 1.807) is 12.3 Å². The number of phenols is 1. The summed E-state index contributed by atoms with van der Waals surface area (Å²) in [5.74, 6) is 4.02. The van der Waals surface area contributed by atoms with Crippen molar-refractivity contribution >= 4 is 29.6 Å². The van der Waals surface area contributed by atoms with Gasteiger partial charge < -0.3 is 24.5 Å². The van der Waals surface area contributed by atoms with E-state index in [0.717, 1.165) is 56.3 Å². The largest absolute Gasteiger partial charge is 0.504 e. The molecule has 4 aromatic rings. The fourth-order valence-electron chi connectivity index (χ4n) is 4.73. The molecule has 0 bridgehead atoms. The van der Waals surface area contributed by atoms with E-state index in [2.05, 4.69) is 57.6 Å². The Hall–Kier alpha value is -4.26. The summed E-state index contributed by atoms with van der Waals surface area (Å²) in [6, 6.07) is 16.0. The number of ether oxygens (including phenoxy) is 2. The second kappa shape index (κ2) is 11.2. The Bertz CT molecular complexity index is 1640. The zero-order valence-electron chi connectivity index (χ0n) is 23.1. The molecule has 2 aliphatic rings. The van der Waals surface area contributed by atoms with Gasteiger partial charge in [-0.2, -0.15) is 0 Å². The van der Waals surface area contributed by atoms with Crippen LogP contribution in [0.4, 0.5) is 0 Å². The molecule has 0 radical (unpaired) electrons. The van der Waals surface area contributed by atoms with Gasteiger partial charge in [0.05, 0.1) is 24.7 Å². The van der Waals surface area contributed by atoms with Crippen molar-refractivity contribution in [1.82, 2.24) is 14.9 Å². The van der Waals surface area contributed by atoms with E-state index in [1.165, 1.54) is 20.0 Å². The number of rotatable bonds is 4. The van der Waals surface area contributed by atoms with Crippen LogP contribution in [0, 0.1) is 12.8 Å². The average molecular weight is 525 g/mol. The molecule has 202 valence electrons. The summed E-state index contributed by atoms with van der Waals surface area (Å²) in [6.07, 6.45) is 4.73. The van der Waals surface area contributed by atoms with E-state index in [4.69, 9.17) is 9.47 Å². The number of hydrogen-bond acceptors (Lipinski definition) is 6. The van der Waals surface area contributed by atoms with E-state index in [9.17, 15) is 5.11 Å². The Morgan fingerprint density at radius 1 is 1.18 bits per heavy atom. The summed E-state index contributed by atoms with van der Waals surface area (Å²) in [7, 11) is 1.52. The van der Waals surface area contributed by atoms with Gasteiger partial charge >= 0.3 is 0 Å². The Balaban J connectivity index is 0.000000707. The number of aryl methyl sites for hydroxylation is 1. The number of aromatic amines is 1. The third-order valence-electron chi connectivity index (χ3n) is 7.08. The SMILES string of the molecule is C=c1c(OC)c(O)cc/c1=C(/N=C\C)N1CCOc2ccc(-c3ccc4nc(C)[nH]c4c3)cc2C1.CC1CC1. The molecule has 1 aliphatic carbocycles. The van der Waals surface area contributed by atoms with Gasteiger partial charge in [0.2, 0.25) is 0 Å². The Labute approximate surface area is 229 Å². The molecule has 0 spiro atoms. The van der Waals surface area contributed by atoms with Crippen LogP contribution in [0.2, 0.25) is 0 Å². The smallest absolute Gasteiger partial charge is 0.167 e. The van der Waals surface area contributed by atoms with Crippen molar-refractivity contribution in [3.05, 3.63) is 70.4 Å². The van der Waals surface area contributed by atoms with E-state index in [-0.39, 0.29) is 5.75 Å². The van der Waals surface area contributed by atoms with Gasteiger partial charge in [-0.3, -0.25) is 0 Å². The maximum atomic E-state index is 10.2. The lowest BCUT2D eigenvalue weighted by Gasteiger charge is -2.23. The first-order chi connectivity index (χ1) is 18.9. The molecule has 6 rings (SSSR count). The third-order valence-corrected chi connectivity index (χ3v) is 7.08. The Morgan fingerprint density at radius 3 is 2.64 bits per heavy atom. The van der Waals surface area contributed by atoms with Crippen LogP contribution in [0.5, 0.6) is 17.2 Å². The van der Waals surface area contributed by atoms with Crippen LogP contribution < -0.4 is 19.9 Å². The van der Waals surface area contributed by atoms with Crippen LogP contribution in [0.3, 0.4) is 0 Å². The number of hydrogen-bond donors (Lipinski definition) is 2. The highest BCUT2D eigenvalue weighted by Crippen LogP contribution is 2.32. The van der Waals surface area contributed by atoms with E-state index in [1.807, 2.05) is 32.0 Å². The van der Waals surface area contributed by atoms with Crippen LogP contribution in [-0.2, 0) is 6.54 Å². The summed E-state index contributed by atoms with van der Waals surface area (Å²) in [6.45, 7) is 12.1. The fourth-order valence-corrected chi connectivity index (χ4v) is 4.73. The van der Waals surface area contributed by atoms with Gasteiger partial charge in [-0.25, -0.2) is 9.98 Å². The monoisotopic (exact) mass is 524 g/mol. The van der Waals surface area contributed by atoms with E-state index in [0.29, 0.717) is 30.7 Å². The molecule has 0 atom stereocenters. The topological polar surface area (TPSA) is 83.0 Å². The number of nitrogens with zero attached hydrogens (tertiary/aromatic N) is 3. The van der Waals surface area contributed by atoms with Gasteiger partial charge in [0.25, 0.3) is 0 Å². The summed E-state index contributed by atoms with van der Waals surface area (Å²) < 4.78 is 11.5. The minimum atomic E-state index is 0.0553. The summed E-state index contributed by atoms with van der Waals surface area (Å²) in [5.41, 5.74) is 5.26. The maximum Gasteiger partial charge on any atom is 0.167 e. The van der Waals surface area contributed by atoms with Crippen LogP contribution >= 0.6 is 0 Å². The van der Waals surface area contributed by atoms with Gasteiger partial charge in [0, 0.05) is 28.8 Å². The number of aliphatic imine (C=N–C) groups is 1. The van der Waals surface area contributed by atoms with Crippen LogP contribution in [0.15, 0.2) is 53.5 Å². The first-order valence-electron chi connectivity index (χ1n) is 13.4. The second-order valence-electron chi connectivity index (χ2n) is 10.2. The van der Waals surface area contributed by atoms with Crippen LogP contribution in [-0.4, -0.2) is 46.5 Å². The molecule has 1 fully saturated rings. The number of imidazole rings is 1. The molecule has 1 saturated carbocycles. The molecule has 3 aromatic carbocycles. The summed E-state index contributed by atoms with van der Waals surface area (Å²) in [4.78, 5) is 14.7. The van der Waals surface area contributed by atoms with Gasteiger partial charge in [0.1, 0.15) is 24.0 Å². The molecule has 1 aromatic heterocycles. The van der Waals surface area contributed by atoms with Crippen molar-refractivity contribution in [2.75, 3.05) is 20.3 Å². The maximum absolute atomic E-state index is 10.2. The number of fused-ring (bicyclic) bond motifs is 2. The highest BCUT2D eigenvalue weighted by molar-refractivity contribution is 5.82. The standard InChI is InChI=1S/C28H28N4O3.C4H8/c1-5-29-28(22-8-10-25(33)27(34-4)17(22)2)32-12-13-35-26-11-7-19(14-21(26)16-32)20-6-9-23-24(15-20)31-18(3)30-23;1-4-2-3-4/h5-11,14-15,33H,2,12-13,16H2,1,3-4H3,(H,30,31);4H,2-3H2,1H3/b28-22+,29-5-;. The fraction of sp³-hybridized carbons (Fsp3) is 0.312. The number of aromatic nitrogens is 2. The van der Waals surface area contributed by atoms with E-state index < -0.39 is 0 Å². The number of H-pyrrole nitrogens is 1. The Kier molecular flexibility index (Phi) is 7.59. The second-order valence-corrected chi connectivity index (χ2v) is 10.2. The zero-order valence-corrected chi connectivity index (χ0v) is 23.1. The quantitative estimate of drug-likeness (QED) is 0.362. The van der Waals surface area contributed by atoms with E-state index >= 15 is 0 Å². The van der Waals surface area contributed by atoms with Crippen molar-refractivity contribution in [2.45, 2.75) is 40.2 Å². The lowest BCUT2D eigenvalue weighted by atomic mass is 10.0. The normalized spacial score (nSPS) is 15.7. The average Bonchev–Trinajstić information content (AvgIpc) is 3.66. The molecule has 2 heterocycles. The van der Waals surface area contributed by atoms with Crippen molar-refractivity contribution in [2.24, 2.45) is 10.9 Å². The lowest BCUT2D eigenvalue weighted by molar-refractivity contribution is 0.280. The van der Waals surface area contributed by atoms with Gasteiger partial charge in [-0.15, -0.1) is 0 Å². The summed E-state index contributed by atoms with van der Waals surface area (Å²) >= 11 is 0. The molecule has 39 heavy (non-hydrogen) atoms. The first-order valence-corrected chi connectivity index (χ1v) is 13.4. The van der Waals surface area contributed by atoms with Crippen molar-refractivity contribution in [1.29, 1.82) is 0 Å². The molecule has 0 saturated heterocycles. The van der Waals surface area contributed by atoms with Crippen molar-refractivity contribution in [3.8, 4) is 28.4 Å². The third kappa shape index (κ3) is 5.77. The van der Waals surface area contributed by atoms with Crippen molar-refractivity contribution < 1.29 is 14.6 Å². The molecule has 7 heteroatoms. The molecule has 1 aliphatic heterocycles. The molecule has 0 unspecified atom stereocenters. The van der Waals surface area contributed by atoms with Crippen molar-refractivity contribution in [3.63, 3.8) is 0 Å². The molecule has 0 amide bonds. The van der Waals surface area contributed by atoms with Gasteiger partial charge in [0.15, 0.2) is 11.5 Å². The van der Waals surface area contributed by atoms with Gasteiger partial charge in [-0.05, 0) is 67.3 Å². The van der Waals surface area contributed by atoms with Gasteiger partial charge in [-0.1, -0.05) is 38.5 Å². The minimum Gasteiger partial charge on any atom is -0.504 e. The van der Waals surface area contributed by atoms with Crippen LogP contribution in [0.1, 0.15) is 38.1 Å². The van der Waals surface area contributed by atoms with Crippen LogP contribution in [0.25, 0.3) is 34.6 Å². The molecular weight excluding hydrogens is 488 g/mol. The zero-order chi connectivity index (χ0) is 27.5. The number of benzene rings is 3. The predicted octanol–water partition coefficient (Wildman–Crippen LogP) is 5.13. The molecule has 7 nitrogen and oxygen atoms in total. The number of nitrogens with one attached hydrogen (secondary N) is 1. The molecular formula is C32H36N4O3. The number of methoxy groups -OCH3 is 1. The number of aromatic hydroxyl groups is 1. The lowest BCUT2D eigenvalue weighted by Crippen LogP contribution is -2.35. The summed E-state index contributed by atoms with van der Waals surface area (Å²) in [5, 5.41) is 11.6. The highest BCUT2D eigenvalue weighted by atomic mass is 16.5. The number of phenolic OH excluding ortho intramolecular Hbond substituents is 1.